The molecule has 4 heteroatoms. The third kappa shape index (κ3) is 4.21. The minimum absolute atomic E-state index is 0.111. The molecule has 1 aliphatic rings. The van der Waals surface area contributed by atoms with Crippen LogP contribution < -0.4 is 0 Å². The van der Waals surface area contributed by atoms with Crippen LogP contribution in [0.1, 0.15) is 34.1 Å². The van der Waals surface area contributed by atoms with E-state index < -0.39 is 6.10 Å². The maximum atomic E-state index is 10.2. The number of aliphatic hydroxyl groups is 1. The highest BCUT2D eigenvalue weighted by Gasteiger charge is 2.48. The van der Waals surface area contributed by atoms with E-state index in [0.717, 1.165) is 6.42 Å². The minimum Gasteiger partial charge on any atom is -0.390 e. The van der Waals surface area contributed by atoms with Gasteiger partial charge in [0.05, 0.1) is 37.1 Å². The van der Waals surface area contributed by atoms with E-state index in [1.165, 1.54) is 0 Å². The Balaban J connectivity index is 2.43. The summed E-state index contributed by atoms with van der Waals surface area (Å²) in [4.78, 5) is 0. The molecule has 4 nitrogen and oxygen atoms in total. The number of rotatable bonds is 6. The average molecular weight is 246 g/mol. The fourth-order valence-corrected chi connectivity index (χ4v) is 2.67. The van der Waals surface area contributed by atoms with Crippen molar-refractivity contribution in [2.24, 2.45) is 5.92 Å². The van der Waals surface area contributed by atoms with Crippen LogP contribution in [0.25, 0.3) is 0 Å². The third-order valence-corrected chi connectivity index (χ3v) is 3.33. The summed E-state index contributed by atoms with van der Waals surface area (Å²) in [7, 11) is 1.64. The van der Waals surface area contributed by atoms with Crippen LogP contribution in [0.3, 0.4) is 0 Å². The van der Waals surface area contributed by atoms with Crippen LogP contribution in [0.5, 0.6) is 0 Å². The third-order valence-electron chi connectivity index (χ3n) is 3.33. The summed E-state index contributed by atoms with van der Waals surface area (Å²) in [6.45, 7) is 9.61. The molecule has 17 heavy (non-hydrogen) atoms. The Kier molecular flexibility index (Phi) is 4.95. The monoisotopic (exact) mass is 246 g/mol. The molecule has 0 aromatic carbocycles. The van der Waals surface area contributed by atoms with Gasteiger partial charge < -0.3 is 19.3 Å². The molecular formula is C13H26O4. The van der Waals surface area contributed by atoms with Gasteiger partial charge in [-0.3, -0.25) is 0 Å². The second-order valence-electron chi connectivity index (χ2n) is 5.91. The van der Waals surface area contributed by atoms with E-state index in [0.29, 0.717) is 19.8 Å². The lowest BCUT2D eigenvalue weighted by molar-refractivity contribution is -0.0969. The number of methoxy groups -OCH3 is 1. The molecule has 0 saturated carbocycles. The second kappa shape index (κ2) is 5.65. The van der Waals surface area contributed by atoms with Gasteiger partial charge in [0, 0.05) is 13.0 Å². The Morgan fingerprint density at radius 2 is 1.94 bits per heavy atom. The second-order valence-corrected chi connectivity index (χ2v) is 5.91. The fraction of sp³-hybridized carbons (Fsp3) is 1.00. The molecule has 0 amide bonds. The van der Waals surface area contributed by atoms with Crippen molar-refractivity contribution in [2.75, 3.05) is 26.9 Å². The fourth-order valence-electron chi connectivity index (χ4n) is 2.67. The van der Waals surface area contributed by atoms with Crippen molar-refractivity contribution in [3.8, 4) is 0 Å². The molecule has 1 heterocycles. The molecule has 0 aliphatic carbocycles. The summed E-state index contributed by atoms with van der Waals surface area (Å²) in [5.74, 6) is 0.111. The highest BCUT2D eigenvalue weighted by Crippen LogP contribution is 2.43. The van der Waals surface area contributed by atoms with Gasteiger partial charge in [-0.2, -0.15) is 0 Å². The van der Waals surface area contributed by atoms with Crippen molar-refractivity contribution in [3.63, 3.8) is 0 Å². The van der Waals surface area contributed by atoms with E-state index in [4.69, 9.17) is 14.2 Å². The summed E-state index contributed by atoms with van der Waals surface area (Å²) in [6, 6.07) is 0. The molecule has 1 aliphatic heterocycles. The van der Waals surface area contributed by atoms with E-state index in [2.05, 4.69) is 13.8 Å². The lowest BCUT2D eigenvalue weighted by Crippen LogP contribution is -2.38. The Hall–Kier alpha value is -0.160. The van der Waals surface area contributed by atoms with E-state index in [1.54, 1.807) is 7.11 Å². The molecule has 1 rings (SSSR count). The maximum Gasteiger partial charge on any atom is 0.0830 e. The van der Waals surface area contributed by atoms with Gasteiger partial charge in [0.25, 0.3) is 0 Å². The molecule has 1 N–H and O–H groups in total. The molecule has 1 fully saturated rings. The average Bonchev–Trinajstić information content (AvgIpc) is 2.41. The van der Waals surface area contributed by atoms with E-state index in [1.807, 2.05) is 13.8 Å². The Morgan fingerprint density at radius 1 is 1.29 bits per heavy atom. The van der Waals surface area contributed by atoms with Crippen molar-refractivity contribution in [3.05, 3.63) is 0 Å². The Bertz CT molecular complexity index is 238. The van der Waals surface area contributed by atoms with Crippen molar-refractivity contribution >= 4 is 0 Å². The van der Waals surface area contributed by atoms with Crippen LogP contribution in [-0.2, 0) is 14.2 Å². The molecule has 0 aromatic heterocycles. The lowest BCUT2D eigenvalue weighted by atomic mass is 9.83. The van der Waals surface area contributed by atoms with Crippen molar-refractivity contribution in [1.29, 1.82) is 0 Å². The maximum absolute atomic E-state index is 10.2. The van der Waals surface area contributed by atoms with Crippen LogP contribution in [-0.4, -0.2) is 49.3 Å². The number of hydrogen-bond acceptors (Lipinski definition) is 4. The largest absolute Gasteiger partial charge is 0.390 e. The highest BCUT2D eigenvalue weighted by atomic mass is 16.5. The van der Waals surface area contributed by atoms with Crippen molar-refractivity contribution in [1.82, 2.24) is 0 Å². The van der Waals surface area contributed by atoms with Gasteiger partial charge in [-0.1, -0.05) is 0 Å². The topological polar surface area (TPSA) is 47.9 Å². The smallest absolute Gasteiger partial charge is 0.0830 e. The molecule has 0 bridgehead atoms. The number of ether oxygens (including phenoxy) is 3. The Morgan fingerprint density at radius 3 is 2.41 bits per heavy atom. The van der Waals surface area contributed by atoms with Gasteiger partial charge in [-0.15, -0.1) is 0 Å². The van der Waals surface area contributed by atoms with Gasteiger partial charge in [0.1, 0.15) is 0 Å². The minimum atomic E-state index is -0.483. The predicted molar refractivity (Wildman–Crippen MR) is 66.1 cm³/mol. The quantitative estimate of drug-likeness (QED) is 0.723. The van der Waals surface area contributed by atoms with Gasteiger partial charge in [0.2, 0.25) is 0 Å². The first-order chi connectivity index (χ1) is 7.78. The molecule has 0 radical (unpaired) electrons. The summed E-state index contributed by atoms with van der Waals surface area (Å²) >= 11 is 0. The van der Waals surface area contributed by atoms with Gasteiger partial charge in [0.15, 0.2) is 0 Å². The van der Waals surface area contributed by atoms with E-state index >= 15 is 0 Å². The van der Waals surface area contributed by atoms with E-state index in [-0.39, 0.29) is 17.1 Å². The first-order valence-corrected chi connectivity index (χ1v) is 6.23. The summed E-state index contributed by atoms with van der Waals surface area (Å²) in [5, 5.41) is 10.2. The number of hydrogen-bond donors (Lipinski definition) is 1. The van der Waals surface area contributed by atoms with Crippen molar-refractivity contribution < 1.29 is 19.3 Å². The number of aliphatic hydroxyl groups excluding tert-OH is 1. The standard InChI is InChI=1S/C13H26O4/c1-12(2)8-10(13(3,4)17-12)11(14)9-16-7-6-15-5/h10-11,14H,6-9H2,1-5H3. The van der Waals surface area contributed by atoms with Crippen LogP contribution in [0.2, 0.25) is 0 Å². The molecule has 1 saturated heterocycles. The van der Waals surface area contributed by atoms with Gasteiger partial charge >= 0.3 is 0 Å². The molecule has 0 spiro atoms. The zero-order chi connectivity index (χ0) is 13.1. The molecule has 0 aromatic rings. The van der Waals surface area contributed by atoms with Gasteiger partial charge in [-0.25, -0.2) is 0 Å². The zero-order valence-corrected chi connectivity index (χ0v) is 11.7. The highest BCUT2D eigenvalue weighted by molar-refractivity contribution is 4.97. The normalized spacial score (nSPS) is 28.2. The lowest BCUT2D eigenvalue weighted by Gasteiger charge is -2.30. The first-order valence-electron chi connectivity index (χ1n) is 6.23. The molecule has 2 unspecified atom stereocenters. The summed E-state index contributed by atoms with van der Waals surface area (Å²) in [6.07, 6.45) is 0.373. The van der Waals surface area contributed by atoms with Crippen LogP contribution in [0.4, 0.5) is 0 Å². The summed E-state index contributed by atoms with van der Waals surface area (Å²) in [5.41, 5.74) is -0.463. The first kappa shape index (κ1) is 14.9. The SMILES string of the molecule is COCCOCC(O)C1CC(C)(C)OC1(C)C. The summed E-state index contributed by atoms with van der Waals surface area (Å²) < 4.78 is 16.2. The van der Waals surface area contributed by atoms with E-state index in [9.17, 15) is 5.11 Å². The molecule has 102 valence electrons. The van der Waals surface area contributed by atoms with Gasteiger partial charge in [-0.05, 0) is 34.1 Å². The van der Waals surface area contributed by atoms with Crippen LogP contribution >= 0.6 is 0 Å². The Labute approximate surface area is 104 Å². The molecular weight excluding hydrogens is 220 g/mol. The van der Waals surface area contributed by atoms with Crippen molar-refractivity contribution in [2.45, 2.75) is 51.4 Å². The van der Waals surface area contributed by atoms with Crippen LogP contribution in [0, 0.1) is 5.92 Å². The molecule has 2 atom stereocenters. The van der Waals surface area contributed by atoms with Crippen LogP contribution in [0.15, 0.2) is 0 Å². The predicted octanol–water partition coefficient (Wildman–Crippen LogP) is 1.60. The zero-order valence-electron chi connectivity index (χ0n) is 11.7.